The van der Waals surface area contributed by atoms with Gasteiger partial charge >= 0.3 is 0 Å². The fraction of sp³-hybridized carbons (Fsp3) is 0.778. The summed E-state index contributed by atoms with van der Waals surface area (Å²) in [5, 5.41) is 2.63. The molecule has 0 aromatic rings. The van der Waals surface area contributed by atoms with Gasteiger partial charge in [-0.05, 0) is 19.4 Å². The molecule has 1 rings (SSSR count). The van der Waals surface area contributed by atoms with Crippen LogP contribution in [-0.4, -0.2) is 42.9 Å². The van der Waals surface area contributed by atoms with Crippen LogP contribution in [0.15, 0.2) is 0 Å². The number of amides is 2. The quantitative estimate of drug-likeness (QED) is 0.304. The number of likely N-dealkylation sites (tertiary alicyclic amines) is 1. The Bertz CT molecular complexity index is 244. The molecule has 0 saturated carbocycles. The highest BCUT2D eigenvalue weighted by atomic mass is 16.2. The van der Waals surface area contributed by atoms with Crippen LogP contribution < -0.4 is 16.6 Å². The summed E-state index contributed by atoms with van der Waals surface area (Å²) in [5.41, 5.74) is 2.08. The first-order chi connectivity index (χ1) is 7.19. The van der Waals surface area contributed by atoms with E-state index in [1.165, 1.54) is 0 Å². The molecule has 15 heavy (non-hydrogen) atoms. The molecule has 1 aliphatic rings. The lowest BCUT2D eigenvalue weighted by atomic mass is 10.2. The standard InChI is InChI=1S/C9H18N4O2/c1-11-9(15)7-3-2-5-13(7)6-4-8(14)12-10/h7H,2-6,10H2,1H3,(H,11,15)(H,12,14). The number of rotatable bonds is 4. The van der Waals surface area contributed by atoms with Crippen LogP contribution in [0.4, 0.5) is 0 Å². The lowest BCUT2D eigenvalue weighted by molar-refractivity contribution is -0.126. The molecule has 1 saturated heterocycles. The SMILES string of the molecule is CNC(=O)C1CCCN1CCC(=O)NN. The van der Waals surface area contributed by atoms with Gasteiger partial charge in [0, 0.05) is 20.0 Å². The lowest BCUT2D eigenvalue weighted by Crippen LogP contribution is -2.43. The zero-order chi connectivity index (χ0) is 11.3. The van der Waals surface area contributed by atoms with Crippen LogP contribution in [0.1, 0.15) is 19.3 Å². The molecule has 2 amide bonds. The Morgan fingerprint density at radius 1 is 1.53 bits per heavy atom. The Balaban J connectivity index is 2.39. The van der Waals surface area contributed by atoms with Crippen LogP contribution >= 0.6 is 0 Å². The van der Waals surface area contributed by atoms with Gasteiger partial charge in [0.15, 0.2) is 0 Å². The number of nitrogens with zero attached hydrogens (tertiary/aromatic N) is 1. The monoisotopic (exact) mass is 214 g/mol. The topological polar surface area (TPSA) is 87.5 Å². The second-order valence-electron chi connectivity index (χ2n) is 3.63. The lowest BCUT2D eigenvalue weighted by Gasteiger charge is -2.22. The van der Waals surface area contributed by atoms with E-state index in [2.05, 4.69) is 10.7 Å². The van der Waals surface area contributed by atoms with E-state index in [9.17, 15) is 9.59 Å². The second-order valence-corrected chi connectivity index (χ2v) is 3.63. The summed E-state index contributed by atoms with van der Waals surface area (Å²) >= 11 is 0. The van der Waals surface area contributed by atoms with Crippen molar-refractivity contribution in [1.29, 1.82) is 0 Å². The van der Waals surface area contributed by atoms with E-state index in [-0.39, 0.29) is 17.9 Å². The number of nitrogens with two attached hydrogens (primary N) is 1. The van der Waals surface area contributed by atoms with Crippen molar-refractivity contribution in [2.24, 2.45) is 5.84 Å². The maximum absolute atomic E-state index is 11.5. The molecule has 0 radical (unpaired) electrons. The molecule has 86 valence electrons. The summed E-state index contributed by atoms with van der Waals surface area (Å²) in [7, 11) is 1.63. The van der Waals surface area contributed by atoms with Crippen molar-refractivity contribution < 1.29 is 9.59 Å². The number of hydrogen-bond acceptors (Lipinski definition) is 4. The Labute approximate surface area is 89.1 Å². The zero-order valence-electron chi connectivity index (χ0n) is 8.95. The number of likely N-dealkylation sites (N-methyl/N-ethyl adjacent to an activating group) is 1. The molecule has 6 nitrogen and oxygen atoms in total. The van der Waals surface area contributed by atoms with Gasteiger partial charge in [0.05, 0.1) is 6.04 Å². The van der Waals surface area contributed by atoms with Gasteiger partial charge in [0.2, 0.25) is 11.8 Å². The van der Waals surface area contributed by atoms with Crippen molar-refractivity contribution >= 4 is 11.8 Å². The van der Waals surface area contributed by atoms with Crippen LogP contribution in [-0.2, 0) is 9.59 Å². The van der Waals surface area contributed by atoms with Gasteiger partial charge in [-0.15, -0.1) is 0 Å². The Hall–Kier alpha value is -1.14. The Kier molecular flexibility index (Phi) is 4.51. The largest absolute Gasteiger partial charge is 0.358 e. The van der Waals surface area contributed by atoms with Gasteiger partial charge in [-0.3, -0.25) is 19.9 Å². The summed E-state index contributed by atoms with van der Waals surface area (Å²) < 4.78 is 0. The molecule has 4 N–H and O–H groups in total. The summed E-state index contributed by atoms with van der Waals surface area (Å²) in [5.74, 6) is 4.81. The highest BCUT2D eigenvalue weighted by Crippen LogP contribution is 2.17. The third-order valence-corrected chi connectivity index (χ3v) is 2.70. The minimum atomic E-state index is -0.197. The summed E-state index contributed by atoms with van der Waals surface area (Å²) in [6.07, 6.45) is 2.20. The average Bonchev–Trinajstić information content (AvgIpc) is 2.72. The van der Waals surface area contributed by atoms with Crippen molar-refractivity contribution in [2.45, 2.75) is 25.3 Å². The number of carbonyl (C=O) groups excluding carboxylic acids is 2. The van der Waals surface area contributed by atoms with Crippen molar-refractivity contribution in [3.8, 4) is 0 Å². The number of nitrogens with one attached hydrogen (secondary N) is 2. The third-order valence-electron chi connectivity index (χ3n) is 2.70. The first kappa shape index (κ1) is 11.9. The fourth-order valence-corrected chi connectivity index (χ4v) is 1.87. The van der Waals surface area contributed by atoms with Gasteiger partial charge < -0.3 is 5.32 Å². The van der Waals surface area contributed by atoms with Crippen molar-refractivity contribution in [3.05, 3.63) is 0 Å². The van der Waals surface area contributed by atoms with Gasteiger partial charge in [0.1, 0.15) is 0 Å². The first-order valence-electron chi connectivity index (χ1n) is 5.14. The van der Waals surface area contributed by atoms with Gasteiger partial charge in [-0.25, -0.2) is 5.84 Å². The van der Waals surface area contributed by atoms with E-state index in [1.54, 1.807) is 7.05 Å². The summed E-state index contributed by atoms with van der Waals surface area (Å²) in [6, 6.07) is -0.0828. The molecule has 1 atom stereocenters. The fourth-order valence-electron chi connectivity index (χ4n) is 1.87. The molecule has 1 heterocycles. The molecular weight excluding hydrogens is 196 g/mol. The third kappa shape index (κ3) is 3.17. The molecule has 6 heteroatoms. The molecule has 0 bridgehead atoms. The predicted octanol–water partition coefficient (Wildman–Crippen LogP) is -1.42. The molecule has 1 fully saturated rings. The molecule has 0 aromatic heterocycles. The van der Waals surface area contributed by atoms with E-state index in [0.29, 0.717) is 13.0 Å². The van der Waals surface area contributed by atoms with E-state index >= 15 is 0 Å². The van der Waals surface area contributed by atoms with Gasteiger partial charge in [-0.1, -0.05) is 0 Å². The minimum absolute atomic E-state index is 0.0284. The highest BCUT2D eigenvalue weighted by Gasteiger charge is 2.29. The van der Waals surface area contributed by atoms with Crippen LogP contribution in [0.3, 0.4) is 0 Å². The van der Waals surface area contributed by atoms with Crippen molar-refractivity contribution in [3.63, 3.8) is 0 Å². The van der Waals surface area contributed by atoms with E-state index in [4.69, 9.17) is 5.84 Å². The average molecular weight is 214 g/mol. The molecule has 1 unspecified atom stereocenters. The minimum Gasteiger partial charge on any atom is -0.358 e. The van der Waals surface area contributed by atoms with Crippen LogP contribution in [0.25, 0.3) is 0 Å². The molecular formula is C9H18N4O2. The Morgan fingerprint density at radius 2 is 2.27 bits per heavy atom. The van der Waals surface area contributed by atoms with Crippen molar-refractivity contribution in [2.75, 3.05) is 20.1 Å². The Morgan fingerprint density at radius 3 is 2.87 bits per heavy atom. The van der Waals surface area contributed by atoms with Gasteiger partial charge in [-0.2, -0.15) is 0 Å². The van der Waals surface area contributed by atoms with Gasteiger partial charge in [0.25, 0.3) is 0 Å². The molecule has 0 spiro atoms. The maximum Gasteiger partial charge on any atom is 0.237 e. The molecule has 0 aromatic carbocycles. The van der Waals surface area contributed by atoms with E-state index in [1.807, 2.05) is 4.90 Å². The van der Waals surface area contributed by atoms with E-state index < -0.39 is 0 Å². The maximum atomic E-state index is 11.5. The smallest absolute Gasteiger partial charge is 0.237 e. The van der Waals surface area contributed by atoms with Crippen LogP contribution in [0, 0.1) is 0 Å². The predicted molar refractivity (Wildman–Crippen MR) is 55.6 cm³/mol. The normalized spacial score (nSPS) is 21.3. The highest BCUT2D eigenvalue weighted by molar-refractivity contribution is 5.82. The number of hydrazine groups is 1. The second kappa shape index (κ2) is 5.67. The summed E-state index contributed by atoms with van der Waals surface area (Å²) in [4.78, 5) is 24.4. The molecule has 0 aliphatic carbocycles. The first-order valence-corrected chi connectivity index (χ1v) is 5.14. The molecule has 1 aliphatic heterocycles. The van der Waals surface area contributed by atoms with Crippen LogP contribution in [0.5, 0.6) is 0 Å². The van der Waals surface area contributed by atoms with Crippen molar-refractivity contribution in [1.82, 2.24) is 15.6 Å². The number of hydrogen-bond donors (Lipinski definition) is 3. The number of carbonyl (C=O) groups is 2. The summed E-state index contributed by atoms with van der Waals surface area (Å²) in [6.45, 7) is 1.46. The van der Waals surface area contributed by atoms with E-state index in [0.717, 1.165) is 19.4 Å². The van der Waals surface area contributed by atoms with Crippen LogP contribution in [0.2, 0.25) is 0 Å². The zero-order valence-corrected chi connectivity index (χ0v) is 8.95.